The Labute approximate surface area is 156 Å². The van der Waals surface area contributed by atoms with Gasteiger partial charge in [0.1, 0.15) is 0 Å². The molecule has 2 aliphatic rings. The molecule has 2 aliphatic heterocycles. The van der Waals surface area contributed by atoms with Crippen LogP contribution in [0.15, 0.2) is 35.2 Å². The van der Waals surface area contributed by atoms with Crippen LogP contribution in [0.25, 0.3) is 0 Å². The third-order valence-corrected chi connectivity index (χ3v) is 7.02. The number of sulfonamides is 1. The standard InChI is InChI=1S/C17H25N3O3S.ClH/c1-19(24(22,23)16-6-4-3-5-7-16)12-17(21)20(2)15-10-13-8-9-14(11-15)18-13;/h3-7,13-15,18H,8-12H2,1-2H3;1H. The first kappa shape index (κ1) is 20.2. The number of halogens is 1. The van der Waals surface area contributed by atoms with Crippen molar-refractivity contribution in [2.75, 3.05) is 20.6 Å². The lowest BCUT2D eigenvalue weighted by Gasteiger charge is -2.36. The Morgan fingerprint density at radius 1 is 1.12 bits per heavy atom. The van der Waals surface area contributed by atoms with E-state index in [1.807, 2.05) is 0 Å². The molecule has 0 aromatic heterocycles. The fraction of sp³-hybridized carbons (Fsp3) is 0.588. The van der Waals surface area contributed by atoms with Crippen LogP contribution in [0.1, 0.15) is 25.7 Å². The van der Waals surface area contributed by atoms with Crippen molar-refractivity contribution in [3.8, 4) is 0 Å². The van der Waals surface area contributed by atoms with Crippen molar-refractivity contribution in [1.29, 1.82) is 0 Å². The summed E-state index contributed by atoms with van der Waals surface area (Å²) in [4.78, 5) is 14.5. The Kier molecular flexibility index (Phi) is 6.48. The van der Waals surface area contributed by atoms with E-state index >= 15 is 0 Å². The molecule has 0 aliphatic carbocycles. The van der Waals surface area contributed by atoms with Crippen molar-refractivity contribution in [3.05, 3.63) is 30.3 Å². The number of likely N-dealkylation sites (N-methyl/N-ethyl adjacent to an activating group) is 2. The monoisotopic (exact) mass is 387 g/mol. The van der Waals surface area contributed by atoms with Gasteiger partial charge in [-0.1, -0.05) is 18.2 Å². The van der Waals surface area contributed by atoms with E-state index in [9.17, 15) is 13.2 Å². The van der Waals surface area contributed by atoms with Gasteiger partial charge in [0.25, 0.3) is 0 Å². The van der Waals surface area contributed by atoms with Crippen LogP contribution in [-0.4, -0.2) is 62.3 Å². The zero-order valence-electron chi connectivity index (χ0n) is 14.6. The van der Waals surface area contributed by atoms with E-state index in [2.05, 4.69) is 5.32 Å². The quantitative estimate of drug-likeness (QED) is 0.830. The number of nitrogens with one attached hydrogen (secondary N) is 1. The molecule has 1 amide bonds. The number of benzene rings is 1. The number of carbonyl (C=O) groups excluding carboxylic acids is 1. The van der Waals surface area contributed by atoms with Gasteiger partial charge < -0.3 is 10.2 Å². The summed E-state index contributed by atoms with van der Waals surface area (Å²) in [7, 11) is -0.383. The van der Waals surface area contributed by atoms with Crippen molar-refractivity contribution in [3.63, 3.8) is 0 Å². The minimum absolute atomic E-state index is 0. The summed E-state index contributed by atoms with van der Waals surface area (Å²) in [5, 5.41) is 3.56. The van der Waals surface area contributed by atoms with E-state index in [0.29, 0.717) is 12.1 Å². The summed E-state index contributed by atoms with van der Waals surface area (Å²) in [5.41, 5.74) is 0. The lowest BCUT2D eigenvalue weighted by molar-refractivity contribution is -0.132. The second-order valence-electron chi connectivity index (χ2n) is 6.84. The number of piperidine rings is 1. The Morgan fingerprint density at radius 2 is 1.68 bits per heavy atom. The van der Waals surface area contributed by atoms with E-state index < -0.39 is 10.0 Å². The van der Waals surface area contributed by atoms with Gasteiger partial charge in [0.15, 0.2) is 0 Å². The third-order valence-electron chi connectivity index (χ3n) is 5.20. The summed E-state index contributed by atoms with van der Waals surface area (Å²) in [6.45, 7) is -0.132. The molecule has 1 aromatic carbocycles. The molecule has 2 saturated heterocycles. The number of hydrogen-bond donors (Lipinski definition) is 1. The highest BCUT2D eigenvalue weighted by Gasteiger charge is 2.36. The van der Waals surface area contributed by atoms with Gasteiger partial charge in [0, 0.05) is 32.2 Å². The van der Waals surface area contributed by atoms with Crippen LogP contribution < -0.4 is 5.32 Å². The minimum Gasteiger partial charge on any atom is -0.342 e. The van der Waals surface area contributed by atoms with E-state index in [0.717, 1.165) is 17.1 Å². The number of amides is 1. The molecule has 0 saturated carbocycles. The summed E-state index contributed by atoms with van der Waals surface area (Å²) >= 11 is 0. The van der Waals surface area contributed by atoms with Crippen LogP contribution in [0.3, 0.4) is 0 Å². The van der Waals surface area contributed by atoms with Crippen molar-refractivity contribution >= 4 is 28.3 Å². The zero-order valence-corrected chi connectivity index (χ0v) is 16.2. The van der Waals surface area contributed by atoms with Gasteiger partial charge >= 0.3 is 0 Å². The van der Waals surface area contributed by atoms with Crippen LogP contribution in [0, 0.1) is 0 Å². The fourth-order valence-corrected chi connectivity index (χ4v) is 4.85. The molecular formula is C17H26ClN3O3S. The van der Waals surface area contributed by atoms with E-state index in [4.69, 9.17) is 0 Å². The van der Waals surface area contributed by atoms with Crippen LogP contribution in [0.5, 0.6) is 0 Å². The van der Waals surface area contributed by atoms with E-state index in [1.54, 1.807) is 42.3 Å². The fourth-order valence-electron chi connectivity index (χ4n) is 3.71. The van der Waals surface area contributed by atoms with E-state index in [-0.39, 0.29) is 35.8 Å². The van der Waals surface area contributed by atoms with Crippen molar-refractivity contribution in [2.45, 2.75) is 48.7 Å². The molecule has 0 spiro atoms. The smallest absolute Gasteiger partial charge is 0.243 e. The second kappa shape index (κ2) is 8.03. The molecule has 2 fully saturated rings. The molecule has 6 nitrogen and oxygen atoms in total. The van der Waals surface area contributed by atoms with Gasteiger partial charge in [-0.25, -0.2) is 8.42 Å². The van der Waals surface area contributed by atoms with E-state index in [1.165, 1.54) is 19.9 Å². The van der Waals surface area contributed by atoms with Crippen LogP contribution in [0.4, 0.5) is 0 Å². The Hall–Kier alpha value is -1.15. The molecule has 140 valence electrons. The number of carbonyl (C=O) groups is 1. The molecule has 8 heteroatoms. The summed E-state index contributed by atoms with van der Waals surface area (Å²) in [6, 6.07) is 9.41. The molecule has 1 aromatic rings. The molecule has 0 radical (unpaired) electrons. The van der Waals surface area contributed by atoms with Gasteiger partial charge in [-0.2, -0.15) is 4.31 Å². The van der Waals surface area contributed by atoms with Crippen LogP contribution in [-0.2, 0) is 14.8 Å². The molecule has 2 unspecified atom stereocenters. The summed E-state index contributed by atoms with van der Waals surface area (Å²) < 4.78 is 26.2. The van der Waals surface area contributed by atoms with Gasteiger partial charge in [0.2, 0.25) is 15.9 Å². The largest absolute Gasteiger partial charge is 0.342 e. The molecule has 2 bridgehead atoms. The number of rotatable bonds is 5. The maximum atomic E-state index is 12.6. The second-order valence-corrected chi connectivity index (χ2v) is 8.89. The van der Waals surface area contributed by atoms with Crippen molar-refractivity contribution < 1.29 is 13.2 Å². The molecular weight excluding hydrogens is 362 g/mol. The Balaban J connectivity index is 0.00000225. The zero-order chi connectivity index (χ0) is 17.3. The summed E-state index contributed by atoms with van der Waals surface area (Å²) in [5.74, 6) is -0.150. The van der Waals surface area contributed by atoms with Crippen molar-refractivity contribution in [2.24, 2.45) is 0 Å². The molecule has 1 N–H and O–H groups in total. The number of nitrogens with zero attached hydrogens (tertiary/aromatic N) is 2. The SMILES string of the molecule is CN(C(=O)CN(C)S(=O)(=O)c1ccccc1)C1CC2CCC(C1)N2.Cl. The van der Waals surface area contributed by atoms with Crippen molar-refractivity contribution in [1.82, 2.24) is 14.5 Å². The predicted molar refractivity (Wildman–Crippen MR) is 99.2 cm³/mol. The first-order valence-electron chi connectivity index (χ1n) is 8.41. The average Bonchev–Trinajstić information content (AvgIpc) is 2.92. The average molecular weight is 388 g/mol. The molecule has 25 heavy (non-hydrogen) atoms. The lowest BCUT2D eigenvalue weighted by atomic mass is 9.98. The van der Waals surface area contributed by atoms with Crippen LogP contribution in [0.2, 0.25) is 0 Å². The Morgan fingerprint density at radius 3 is 2.24 bits per heavy atom. The van der Waals surface area contributed by atoms with Gasteiger partial charge in [-0.15, -0.1) is 12.4 Å². The first-order valence-corrected chi connectivity index (χ1v) is 9.85. The molecule has 2 atom stereocenters. The highest BCUT2D eigenvalue weighted by molar-refractivity contribution is 7.89. The Bertz CT molecular complexity index is 686. The van der Waals surface area contributed by atoms with Gasteiger partial charge in [-0.05, 0) is 37.8 Å². The maximum Gasteiger partial charge on any atom is 0.243 e. The third kappa shape index (κ3) is 4.34. The predicted octanol–water partition coefficient (Wildman–Crippen LogP) is 1.47. The van der Waals surface area contributed by atoms with Crippen LogP contribution >= 0.6 is 12.4 Å². The minimum atomic E-state index is -3.63. The highest BCUT2D eigenvalue weighted by Crippen LogP contribution is 2.29. The topological polar surface area (TPSA) is 69.7 Å². The maximum absolute atomic E-state index is 12.6. The summed E-state index contributed by atoms with van der Waals surface area (Å²) in [6.07, 6.45) is 4.25. The lowest BCUT2D eigenvalue weighted by Crippen LogP contribution is -2.50. The first-order chi connectivity index (χ1) is 11.4. The number of fused-ring (bicyclic) bond motifs is 2. The number of hydrogen-bond acceptors (Lipinski definition) is 4. The van der Waals surface area contributed by atoms with Gasteiger partial charge in [-0.3, -0.25) is 4.79 Å². The van der Waals surface area contributed by atoms with Gasteiger partial charge in [0.05, 0.1) is 11.4 Å². The highest BCUT2D eigenvalue weighted by atomic mass is 35.5. The molecule has 3 rings (SSSR count). The molecule has 2 heterocycles. The normalized spacial score (nSPS) is 25.5.